The van der Waals surface area contributed by atoms with Crippen molar-refractivity contribution >= 4 is 27.5 Å². The maximum absolute atomic E-state index is 13.3. The van der Waals surface area contributed by atoms with Crippen molar-refractivity contribution in [1.82, 2.24) is 9.80 Å². The number of furan rings is 1. The summed E-state index contributed by atoms with van der Waals surface area (Å²) in [7, 11) is -4.11. The first-order chi connectivity index (χ1) is 18.2. The largest absolute Gasteiger partial charge is 0.468 e. The van der Waals surface area contributed by atoms with E-state index in [2.05, 4.69) is 24.0 Å². The van der Waals surface area contributed by atoms with Crippen LogP contribution in [0, 0.1) is 6.92 Å². The number of hydrogen-bond acceptors (Lipinski definition) is 7. The molecular formula is C28H29N3O5S2. The third-order valence-electron chi connectivity index (χ3n) is 6.43. The summed E-state index contributed by atoms with van der Waals surface area (Å²) in [5.41, 5.74) is 3.62. The minimum absolute atomic E-state index is 0.0681. The van der Waals surface area contributed by atoms with Gasteiger partial charge >= 0.3 is 10.3 Å². The molecule has 2 N–H and O–H groups in total. The van der Waals surface area contributed by atoms with Crippen LogP contribution in [0.4, 0.5) is 0 Å². The van der Waals surface area contributed by atoms with E-state index in [0.29, 0.717) is 31.6 Å². The Kier molecular flexibility index (Phi) is 7.66. The summed E-state index contributed by atoms with van der Waals surface area (Å²) in [6.45, 7) is 5.28. The van der Waals surface area contributed by atoms with Crippen LogP contribution in [0.1, 0.15) is 42.6 Å². The lowest BCUT2D eigenvalue weighted by atomic mass is 9.98. The van der Waals surface area contributed by atoms with E-state index in [0.717, 1.165) is 35.5 Å². The van der Waals surface area contributed by atoms with Crippen molar-refractivity contribution in [2.45, 2.75) is 39.5 Å². The van der Waals surface area contributed by atoms with Crippen molar-refractivity contribution in [2.75, 3.05) is 6.54 Å². The highest BCUT2D eigenvalue weighted by molar-refractivity contribution is 7.84. The summed E-state index contributed by atoms with van der Waals surface area (Å²) < 4.78 is 32.9. The van der Waals surface area contributed by atoms with E-state index in [-0.39, 0.29) is 11.7 Å². The topological polar surface area (TPSA) is 106 Å². The normalized spacial score (nSPS) is 13.5. The van der Waals surface area contributed by atoms with Gasteiger partial charge in [-0.3, -0.25) is 9.69 Å². The van der Waals surface area contributed by atoms with Gasteiger partial charge in [0.25, 0.3) is 5.91 Å². The van der Waals surface area contributed by atoms with Gasteiger partial charge in [-0.2, -0.15) is 13.6 Å². The highest BCUT2D eigenvalue weighted by atomic mass is 32.2. The van der Waals surface area contributed by atoms with Gasteiger partial charge in [-0.05, 0) is 78.6 Å². The number of aryl methyl sites for hydroxylation is 1. The van der Waals surface area contributed by atoms with E-state index in [4.69, 9.17) is 13.7 Å². The van der Waals surface area contributed by atoms with Crippen LogP contribution in [-0.4, -0.2) is 30.7 Å². The third kappa shape index (κ3) is 6.70. The van der Waals surface area contributed by atoms with Gasteiger partial charge in [-0.1, -0.05) is 18.2 Å². The molecule has 198 valence electrons. The Labute approximate surface area is 226 Å². The molecular weight excluding hydrogens is 522 g/mol. The van der Waals surface area contributed by atoms with Crippen molar-refractivity contribution in [2.24, 2.45) is 5.14 Å². The molecule has 0 radical (unpaired) electrons. The summed E-state index contributed by atoms with van der Waals surface area (Å²) >= 11 is 1.79. The number of hydrogen-bond donors (Lipinski definition) is 1. The van der Waals surface area contributed by atoms with Crippen molar-refractivity contribution in [3.63, 3.8) is 0 Å². The maximum atomic E-state index is 13.3. The Morgan fingerprint density at radius 1 is 1.05 bits per heavy atom. The van der Waals surface area contributed by atoms with Gasteiger partial charge in [0.05, 0.1) is 12.8 Å². The van der Waals surface area contributed by atoms with Crippen LogP contribution in [0.25, 0.3) is 0 Å². The second-order valence-corrected chi connectivity index (χ2v) is 11.9. The molecule has 1 aliphatic heterocycles. The predicted molar refractivity (Wildman–Crippen MR) is 146 cm³/mol. The number of fused-ring (bicyclic) bond motifs is 1. The first kappa shape index (κ1) is 26.2. The highest BCUT2D eigenvalue weighted by Gasteiger charge is 2.23. The number of carbonyl (C=O) groups excluding carboxylic acids is 1. The summed E-state index contributed by atoms with van der Waals surface area (Å²) in [6.07, 6.45) is 2.37. The number of thiophene rings is 1. The van der Waals surface area contributed by atoms with Crippen LogP contribution in [0.2, 0.25) is 0 Å². The lowest BCUT2D eigenvalue weighted by Gasteiger charge is -2.29. The molecule has 0 fully saturated rings. The van der Waals surface area contributed by atoms with Crippen LogP contribution in [0.15, 0.2) is 77.4 Å². The zero-order valence-electron chi connectivity index (χ0n) is 21.0. The molecule has 0 spiro atoms. The van der Waals surface area contributed by atoms with E-state index in [1.54, 1.807) is 34.6 Å². The Hall–Kier alpha value is -3.44. The molecule has 0 bridgehead atoms. The summed E-state index contributed by atoms with van der Waals surface area (Å²) in [5.74, 6) is 0.983. The average Bonchev–Trinajstić information content (AvgIpc) is 3.54. The third-order valence-corrected chi connectivity index (χ3v) is 7.84. The Morgan fingerprint density at radius 3 is 2.55 bits per heavy atom. The molecule has 0 aliphatic carbocycles. The second-order valence-electron chi connectivity index (χ2n) is 9.42. The molecule has 0 atom stereocenters. The fraction of sp³-hybridized carbons (Fsp3) is 0.250. The summed E-state index contributed by atoms with van der Waals surface area (Å²) in [5, 5.41) is 4.99. The number of benzene rings is 2. The summed E-state index contributed by atoms with van der Waals surface area (Å²) in [6, 6.07) is 20.9. The molecule has 3 heterocycles. The van der Waals surface area contributed by atoms with E-state index in [9.17, 15) is 13.2 Å². The number of amides is 1. The smallest absolute Gasteiger partial charge is 0.380 e. The van der Waals surface area contributed by atoms with Gasteiger partial charge in [0.15, 0.2) is 0 Å². The van der Waals surface area contributed by atoms with Gasteiger partial charge in [-0.15, -0.1) is 11.3 Å². The lowest BCUT2D eigenvalue weighted by molar-refractivity contribution is 0.0734. The van der Waals surface area contributed by atoms with Gasteiger partial charge in [0, 0.05) is 41.5 Å². The molecule has 10 heteroatoms. The van der Waals surface area contributed by atoms with Gasteiger partial charge < -0.3 is 13.5 Å². The monoisotopic (exact) mass is 551 g/mol. The first-order valence-corrected chi connectivity index (χ1v) is 14.5. The molecule has 1 amide bonds. The molecule has 2 aromatic carbocycles. The van der Waals surface area contributed by atoms with Crippen LogP contribution in [0.3, 0.4) is 0 Å². The number of carbonyl (C=O) groups is 1. The van der Waals surface area contributed by atoms with E-state index < -0.39 is 10.3 Å². The summed E-state index contributed by atoms with van der Waals surface area (Å²) in [4.78, 5) is 19.9. The van der Waals surface area contributed by atoms with Crippen LogP contribution in [0.5, 0.6) is 5.75 Å². The fourth-order valence-corrected chi connectivity index (χ4v) is 5.97. The molecule has 38 heavy (non-hydrogen) atoms. The average molecular weight is 552 g/mol. The molecule has 0 unspecified atom stereocenters. The van der Waals surface area contributed by atoms with E-state index in [1.807, 2.05) is 42.5 Å². The highest BCUT2D eigenvalue weighted by Crippen LogP contribution is 2.26. The molecule has 8 nitrogen and oxygen atoms in total. The minimum Gasteiger partial charge on any atom is -0.468 e. The van der Waals surface area contributed by atoms with Crippen LogP contribution in [-0.2, 0) is 42.9 Å². The molecule has 1 aliphatic rings. The van der Waals surface area contributed by atoms with Crippen LogP contribution < -0.4 is 9.32 Å². The standard InChI is InChI=1S/C28H29N3O5S2/c1-20-4-11-27(37-20)19-30(18-26-3-2-14-35-26)16-21-5-7-23(8-6-21)28(32)31-13-12-22-9-10-25(15-24(22)17-31)36-38(29,33)34/h2-11,14-15H,12-13,16-19H2,1H3,(H2,29,33,34). The number of nitrogens with zero attached hydrogens (tertiary/aromatic N) is 2. The molecule has 0 saturated heterocycles. The van der Waals surface area contributed by atoms with E-state index in [1.165, 1.54) is 9.75 Å². The van der Waals surface area contributed by atoms with E-state index >= 15 is 0 Å². The first-order valence-electron chi connectivity index (χ1n) is 12.2. The van der Waals surface area contributed by atoms with Crippen molar-refractivity contribution in [3.05, 3.63) is 111 Å². The zero-order valence-corrected chi connectivity index (χ0v) is 22.6. The van der Waals surface area contributed by atoms with Crippen molar-refractivity contribution in [1.29, 1.82) is 0 Å². The Balaban J connectivity index is 1.26. The molecule has 0 saturated carbocycles. The van der Waals surface area contributed by atoms with Crippen molar-refractivity contribution < 1.29 is 21.8 Å². The van der Waals surface area contributed by atoms with Gasteiger partial charge in [-0.25, -0.2) is 0 Å². The quantitative estimate of drug-likeness (QED) is 0.325. The van der Waals surface area contributed by atoms with Gasteiger partial charge in [0.1, 0.15) is 11.5 Å². The Bertz CT molecular complexity index is 1510. The van der Waals surface area contributed by atoms with Crippen molar-refractivity contribution in [3.8, 4) is 5.75 Å². The number of nitrogens with two attached hydrogens (primary N) is 1. The zero-order chi connectivity index (χ0) is 26.7. The van der Waals surface area contributed by atoms with Crippen LogP contribution >= 0.6 is 11.3 Å². The second kappa shape index (κ2) is 11.1. The lowest BCUT2D eigenvalue weighted by Crippen LogP contribution is -2.36. The Morgan fingerprint density at radius 2 is 1.87 bits per heavy atom. The molecule has 4 aromatic rings. The van der Waals surface area contributed by atoms with Gasteiger partial charge in [0.2, 0.25) is 0 Å². The fourth-order valence-electron chi connectivity index (χ4n) is 4.67. The predicted octanol–water partition coefficient (Wildman–Crippen LogP) is 4.63. The SMILES string of the molecule is Cc1ccc(CN(Cc2ccc(C(=O)N3CCc4ccc(OS(N)(=O)=O)cc4C3)cc2)Cc2ccco2)s1. The molecule has 5 rings (SSSR count). The maximum Gasteiger partial charge on any atom is 0.380 e. The number of rotatable bonds is 9. The minimum atomic E-state index is -4.11. The molecule has 2 aromatic heterocycles.